The van der Waals surface area contributed by atoms with E-state index in [1.54, 1.807) is 31.2 Å². The van der Waals surface area contributed by atoms with Crippen molar-refractivity contribution in [3.63, 3.8) is 0 Å². The summed E-state index contributed by atoms with van der Waals surface area (Å²) in [6.07, 6.45) is 1.38. The number of rotatable bonds is 4. The lowest BCUT2D eigenvalue weighted by Gasteiger charge is -2.12. The molecule has 134 valence electrons. The molecule has 0 radical (unpaired) electrons. The van der Waals surface area contributed by atoms with Gasteiger partial charge in [-0.3, -0.25) is 9.59 Å². The number of carbonyl (C=O) groups excluding carboxylic acids is 2. The fourth-order valence-corrected chi connectivity index (χ4v) is 2.82. The highest BCUT2D eigenvalue weighted by Gasteiger charge is 2.33. The van der Waals surface area contributed by atoms with Gasteiger partial charge in [-0.1, -0.05) is 36.4 Å². The predicted molar refractivity (Wildman–Crippen MR) is 103 cm³/mol. The first-order chi connectivity index (χ1) is 13.1. The third-order valence-corrected chi connectivity index (χ3v) is 4.22. The Morgan fingerprint density at radius 2 is 1.93 bits per heavy atom. The van der Waals surface area contributed by atoms with E-state index in [0.29, 0.717) is 17.0 Å². The van der Waals surface area contributed by atoms with Gasteiger partial charge in [0.15, 0.2) is 5.76 Å². The molecule has 1 aromatic heterocycles. The number of hydrogen-bond acceptors (Lipinski definition) is 5. The number of hydrogen-bond donors (Lipinski definition) is 1. The van der Waals surface area contributed by atoms with Crippen molar-refractivity contribution in [3.05, 3.63) is 66.4 Å². The molecule has 4 rings (SSSR count). The van der Waals surface area contributed by atoms with Crippen LogP contribution < -0.4 is 10.4 Å². The minimum absolute atomic E-state index is 0.155. The maximum atomic E-state index is 12.6. The monoisotopic (exact) mass is 360 g/mol. The van der Waals surface area contributed by atoms with E-state index in [1.807, 2.05) is 36.4 Å². The molecule has 1 aliphatic heterocycles. The van der Waals surface area contributed by atoms with Gasteiger partial charge in [-0.15, -0.1) is 0 Å². The number of hydrazone groups is 2. The zero-order valence-electron chi connectivity index (χ0n) is 14.5. The van der Waals surface area contributed by atoms with Crippen LogP contribution >= 0.6 is 0 Å². The van der Waals surface area contributed by atoms with Crippen molar-refractivity contribution in [2.75, 3.05) is 5.01 Å². The van der Waals surface area contributed by atoms with Crippen molar-refractivity contribution < 1.29 is 14.0 Å². The minimum atomic E-state index is -0.624. The summed E-state index contributed by atoms with van der Waals surface area (Å²) in [7, 11) is 0. The maximum Gasteiger partial charge on any atom is 0.307 e. The first kappa shape index (κ1) is 16.7. The Morgan fingerprint density at radius 1 is 1.19 bits per heavy atom. The van der Waals surface area contributed by atoms with Gasteiger partial charge in [-0.05, 0) is 31.2 Å². The van der Waals surface area contributed by atoms with Crippen molar-refractivity contribution in [1.82, 2.24) is 5.43 Å². The number of anilines is 1. The second-order valence-electron chi connectivity index (χ2n) is 6.07. The molecule has 7 nitrogen and oxygen atoms in total. The maximum absolute atomic E-state index is 12.6. The molecule has 0 unspecified atom stereocenters. The van der Waals surface area contributed by atoms with E-state index in [1.165, 1.54) is 11.2 Å². The van der Waals surface area contributed by atoms with Crippen LogP contribution in [0, 0.1) is 5.92 Å². The number of nitrogens with one attached hydrogen (secondary N) is 1. The van der Waals surface area contributed by atoms with Crippen LogP contribution in [-0.4, -0.2) is 23.7 Å². The lowest BCUT2D eigenvalue weighted by atomic mass is 10.1. The molecule has 2 amide bonds. The summed E-state index contributed by atoms with van der Waals surface area (Å²) in [4.78, 5) is 24.8. The van der Waals surface area contributed by atoms with Crippen LogP contribution in [0.3, 0.4) is 0 Å². The van der Waals surface area contributed by atoms with Gasteiger partial charge in [-0.25, -0.2) is 5.43 Å². The molecule has 3 aromatic rings. The zero-order chi connectivity index (χ0) is 18.8. The van der Waals surface area contributed by atoms with Crippen LogP contribution in [0.25, 0.3) is 11.0 Å². The van der Waals surface area contributed by atoms with Gasteiger partial charge in [-0.2, -0.15) is 15.2 Å². The summed E-state index contributed by atoms with van der Waals surface area (Å²) in [5, 5.41) is 10.4. The van der Waals surface area contributed by atoms with E-state index in [9.17, 15) is 9.59 Å². The molecule has 0 spiro atoms. The summed E-state index contributed by atoms with van der Waals surface area (Å²) in [5.74, 6) is -1.17. The van der Waals surface area contributed by atoms with E-state index in [4.69, 9.17) is 4.42 Å². The van der Waals surface area contributed by atoms with Crippen molar-refractivity contribution in [2.45, 2.75) is 6.92 Å². The van der Waals surface area contributed by atoms with Crippen LogP contribution in [0.1, 0.15) is 17.5 Å². The summed E-state index contributed by atoms with van der Waals surface area (Å²) in [5.41, 5.74) is 4.30. The van der Waals surface area contributed by atoms with E-state index < -0.39 is 11.8 Å². The molecular weight excluding hydrogens is 344 g/mol. The molecule has 7 heteroatoms. The standard InChI is InChI=1S/C20H16N4O3/c1-13-16(20(26)24(23-13)15-8-3-2-4-9-15)12-21-22-19(25)18-11-14-7-5-6-10-17(14)27-18/h2-12,16H,1H3,(H,22,25)/b21-12+/t16-/m0/s1. The Kier molecular flexibility index (Phi) is 4.25. The Bertz CT molecular complexity index is 1040. The van der Waals surface area contributed by atoms with Crippen LogP contribution in [0.4, 0.5) is 5.69 Å². The second-order valence-corrected chi connectivity index (χ2v) is 6.07. The predicted octanol–water partition coefficient (Wildman–Crippen LogP) is 3.19. The number of amides is 2. The molecule has 0 saturated carbocycles. The molecule has 1 aliphatic rings. The number of carbonyl (C=O) groups is 2. The molecule has 2 aromatic carbocycles. The van der Waals surface area contributed by atoms with Gasteiger partial charge >= 0.3 is 5.91 Å². The molecule has 2 heterocycles. The normalized spacial score (nSPS) is 16.9. The van der Waals surface area contributed by atoms with Gasteiger partial charge in [0.25, 0.3) is 5.91 Å². The van der Waals surface area contributed by atoms with Crippen LogP contribution in [0.5, 0.6) is 0 Å². The first-order valence-electron chi connectivity index (χ1n) is 8.40. The molecular formula is C20H16N4O3. The van der Waals surface area contributed by atoms with E-state index in [0.717, 1.165) is 5.39 Å². The Morgan fingerprint density at radius 3 is 2.70 bits per heavy atom. The van der Waals surface area contributed by atoms with Gasteiger partial charge in [0, 0.05) is 11.6 Å². The molecule has 0 aliphatic carbocycles. The highest BCUT2D eigenvalue weighted by Crippen LogP contribution is 2.22. The fourth-order valence-electron chi connectivity index (χ4n) is 2.82. The summed E-state index contributed by atoms with van der Waals surface area (Å²) in [6, 6.07) is 18.1. The lowest BCUT2D eigenvalue weighted by molar-refractivity contribution is -0.118. The smallest absolute Gasteiger partial charge is 0.307 e. The third-order valence-electron chi connectivity index (χ3n) is 4.22. The van der Waals surface area contributed by atoms with Crippen molar-refractivity contribution >= 4 is 40.4 Å². The van der Waals surface area contributed by atoms with Crippen LogP contribution in [0.2, 0.25) is 0 Å². The number of para-hydroxylation sites is 2. The Labute approximate surface area is 155 Å². The topological polar surface area (TPSA) is 87.3 Å². The largest absolute Gasteiger partial charge is 0.451 e. The quantitative estimate of drug-likeness (QED) is 0.572. The lowest BCUT2D eigenvalue weighted by Crippen LogP contribution is -2.29. The van der Waals surface area contributed by atoms with Gasteiger partial charge < -0.3 is 4.42 Å². The number of furan rings is 1. The molecule has 0 bridgehead atoms. The number of benzene rings is 2. The molecule has 1 N–H and O–H groups in total. The number of nitrogens with zero attached hydrogens (tertiary/aromatic N) is 3. The molecule has 0 fully saturated rings. The third kappa shape index (κ3) is 3.22. The summed E-state index contributed by atoms with van der Waals surface area (Å²) >= 11 is 0. The highest BCUT2D eigenvalue weighted by atomic mass is 16.3. The summed E-state index contributed by atoms with van der Waals surface area (Å²) < 4.78 is 5.48. The molecule has 0 saturated heterocycles. The van der Waals surface area contributed by atoms with E-state index in [2.05, 4.69) is 15.6 Å². The van der Waals surface area contributed by atoms with Gasteiger partial charge in [0.1, 0.15) is 11.5 Å². The van der Waals surface area contributed by atoms with Crippen LogP contribution in [-0.2, 0) is 4.79 Å². The minimum Gasteiger partial charge on any atom is -0.451 e. The van der Waals surface area contributed by atoms with Crippen molar-refractivity contribution in [2.24, 2.45) is 16.1 Å². The average molecular weight is 360 g/mol. The van der Waals surface area contributed by atoms with Crippen LogP contribution in [0.15, 0.2) is 75.3 Å². The number of fused-ring (bicyclic) bond motifs is 1. The average Bonchev–Trinajstić information content (AvgIpc) is 3.24. The fraction of sp³-hybridized carbons (Fsp3) is 0.100. The second kappa shape index (κ2) is 6.87. The molecule has 27 heavy (non-hydrogen) atoms. The van der Waals surface area contributed by atoms with Crippen molar-refractivity contribution in [3.8, 4) is 0 Å². The zero-order valence-corrected chi connectivity index (χ0v) is 14.5. The Hall–Kier alpha value is -3.74. The van der Waals surface area contributed by atoms with E-state index in [-0.39, 0.29) is 11.7 Å². The van der Waals surface area contributed by atoms with E-state index >= 15 is 0 Å². The Balaban J connectivity index is 1.44. The highest BCUT2D eigenvalue weighted by molar-refractivity contribution is 6.23. The van der Waals surface area contributed by atoms with Gasteiger partial charge in [0.2, 0.25) is 0 Å². The van der Waals surface area contributed by atoms with Crippen molar-refractivity contribution in [1.29, 1.82) is 0 Å². The van der Waals surface area contributed by atoms with Gasteiger partial charge in [0.05, 0.1) is 11.4 Å². The summed E-state index contributed by atoms with van der Waals surface area (Å²) in [6.45, 7) is 1.75. The SMILES string of the molecule is CC1=NN(c2ccccc2)C(=O)[C@H]1/C=N/NC(=O)c1cc2ccccc2o1. The first-order valence-corrected chi connectivity index (χ1v) is 8.40. The molecule has 1 atom stereocenters.